The third-order valence-corrected chi connectivity index (χ3v) is 6.46. The van der Waals surface area contributed by atoms with Gasteiger partial charge in [-0.15, -0.1) is 11.3 Å². The summed E-state index contributed by atoms with van der Waals surface area (Å²) in [5, 5.41) is 7.68. The Bertz CT molecular complexity index is 1220. The molecule has 0 saturated heterocycles. The van der Waals surface area contributed by atoms with Crippen molar-refractivity contribution < 1.29 is 9.26 Å². The Morgan fingerprint density at radius 1 is 1.29 bits per heavy atom. The number of rotatable bonds is 9. The minimum Gasteiger partial charge on any atom is -0.379 e. The van der Waals surface area contributed by atoms with E-state index in [0.29, 0.717) is 58.1 Å². The smallest absolute Gasteiger partial charge is 0.268 e. The van der Waals surface area contributed by atoms with Crippen LogP contribution in [-0.4, -0.2) is 32.4 Å². The molecule has 0 radical (unpaired) electrons. The van der Waals surface area contributed by atoms with Gasteiger partial charge >= 0.3 is 0 Å². The Labute approximate surface area is 192 Å². The number of hydrogen-bond donors (Lipinski definition) is 0. The lowest BCUT2D eigenvalue weighted by atomic mass is 10.2. The highest BCUT2D eigenvalue weighted by atomic mass is 35.5. The number of ether oxygens (including phenoxy) is 1. The predicted molar refractivity (Wildman–Crippen MR) is 124 cm³/mol. The Morgan fingerprint density at radius 3 is 2.94 bits per heavy atom. The molecule has 0 atom stereocenters. The second-order valence-corrected chi connectivity index (χ2v) is 9.39. The molecule has 3 aromatic heterocycles. The molecule has 162 valence electrons. The van der Waals surface area contributed by atoms with E-state index >= 15 is 0 Å². The molecule has 4 rings (SSSR count). The van der Waals surface area contributed by atoms with Gasteiger partial charge in [0.2, 0.25) is 0 Å². The number of hydrogen-bond acceptors (Lipinski definition) is 8. The molecule has 1 aromatic carbocycles. The second kappa shape index (κ2) is 9.95. The van der Waals surface area contributed by atoms with Crippen LogP contribution < -0.4 is 5.56 Å². The highest BCUT2D eigenvalue weighted by Gasteiger charge is 2.15. The molecule has 0 bridgehead atoms. The molecule has 0 aliphatic rings. The summed E-state index contributed by atoms with van der Waals surface area (Å²) in [6, 6.07) is 9.00. The second-order valence-electron chi connectivity index (χ2n) is 7.07. The van der Waals surface area contributed by atoms with Crippen LogP contribution >= 0.6 is 34.7 Å². The fourth-order valence-corrected chi connectivity index (χ4v) is 4.64. The standard InChI is InChI=1S/C21H21ClN4O3S2/c1-13(2)28-9-4-8-26-20(27)15-7-6-14(22)11-16(15)23-21(26)31-12-18-24-19(29-25-18)17-5-3-10-30-17/h3,5-7,10-11,13H,4,8-9,12H2,1-2H3. The molecule has 0 saturated carbocycles. The molecule has 10 heteroatoms. The number of benzene rings is 1. The quantitative estimate of drug-likeness (QED) is 0.185. The first kappa shape index (κ1) is 22.0. The van der Waals surface area contributed by atoms with Gasteiger partial charge in [0.1, 0.15) is 0 Å². The fraction of sp³-hybridized carbons (Fsp3) is 0.333. The molecular weight excluding hydrogens is 456 g/mol. The summed E-state index contributed by atoms with van der Waals surface area (Å²) >= 11 is 9.05. The topological polar surface area (TPSA) is 83.0 Å². The normalized spacial score (nSPS) is 11.6. The summed E-state index contributed by atoms with van der Waals surface area (Å²) < 4.78 is 12.7. The number of aromatic nitrogens is 4. The maximum atomic E-state index is 13.1. The lowest BCUT2D eigenvalue weighted by molar-refractivity contribution is 0.0743. The van der Waals surface area contributed by atoms with Crippen LogP contribution in [0, 0.1) is 0 Å². The first-order valence-corrected chi connectivity index (χ1v) is 12.1. The van der Waals surface area contributed by atoms with Crippen LogP contribution in [0.25, 0.3) is 21.7 Å². The van der Waals surface area contributed by atoms with Crippen LogP contribution in [0.2, 0.25) is 5.02 Å². The molecule has 0 unspecified atom stereocenters. The van der Waals surface area contributed by atoms with Crippen LogP contribution in [-0.2, 0) is 17.0 Å². The van der Waals surface area contributed by atoms with Gasteiger partial charge in [-0.3, -0.25) is 9.36 Å². The van der Waals surface area contributed by atoms with Gasteiger partial charge in [0, 0.05) is 18.2 Å². The van der Waals surface area contributed by atoms with E-state index in [9.17, 15) is 4.79 Å². The van der Waals surface area contributed by atoms with Crippen molar-refractivity contribution in [3.63, 3.8) is 0 Å². The molecule has 0 fully saturated rings. The monoisotopic (exact) mass is 476 g/mol. The Morgan fingerprint density at radius 2 is 2.16 bits per heavy atom. The number of thiophene rings is 1. The van der Waals surface area contributed by atoms with Crippen molar-refractivity contribution >= 4 is 45.6 Å². The Hall–Kier alpha value is -2.20. The molecule has 31 heavy (non-hydrogen) atoms. The van der Waals surface area contributed by atoms with Gasteiger partial charge < -0.3 is 9.26 Å². The van der Waals surface area contributed by atoms with E-state index in [4.69, 9.17) is 25.8 Å². The summed E-state index contributed by atoms with van der Waals surface area (Å²) in [5.41, 5.74) is 0.475. The van der Waals surface area contributed by atoms with Crippen molar-refractivity contribution in [1.29, 1.82) is 0 Å². The van der Waals surface area contributed by atoms with Crippen molar-refractivity contribution in [3.8, 4) is 10.8 Å². The van der Waals surface area contributed by atoms with Gasteiger partial charge in [-0.1, -0.05) is 34.6 Å². The lowest BCUT2D eigenvalue weighted by Gasteiger charge is -2.13. The zero-order chi connectivity index (χ0) is 21.8. The van der Waals surface area contributed by atoms with E-state index in [2.05, 4.69) is 10.1 Å². The molecule has 0 spiro atoms. The molecule has 7 nitrogen and oxygen atoms in total. The minimum absolute atomic E-state index is 0.0962. The number of thioether (sulfide) groups is 1. The summed E-state index contributed by atoms with van der Waals surface area (Å²) in [7, 11) is 0. The third kappa shape index (κ3) is 5.35. The number of fused-ring (bicyclic) bond motifs is 1. The Balaban J connectivity index is 1.58. The predicted octanol–water partition coefficient (Wildman–Crippen LogP) is 5.27. The summed E-state index contributed by atoms with van der Waals surface area (Å²) in [6.45, 7) is 5.06. The Kier molecular flexibility index (Phi) is 7.06. The summed E-state index contributed by atoms with van der Waals surface area (Å²) in [6.07, 6.45) is 0.857. The molecule has 0 N–H and O–H groups in total. The van der Waals surface area contributed by atoms with Crippen LogP contribution in [0.1, 0.15) is 26.1 Å². The van der Waals surface area contributed by atoms with Gasteiger partial charge in [-0.2, -0.15) is 4.98 Å². The molecular formula is C21H21ClN4O3S2. The van der Waals surface area contributed by atoms with Crippen molar-refractivity contribution in [2.24, 2.45) is 0 Å². The van der Waals surface area contributed by atoms with Crippen molar-refractivity contribution in [3.05, 3.63) is 56.9 Å². The largest absolute Gasteiger partial charge is 0.379 e. The van der Waals surface area contributed by atoms with E-state index in [0.717, 1.165) is 4.88 Å². The van der Waals surface area contributed by atoms with Gasteiger partial charge in [0.15, 0.2) is 11.0 Å². The van der Waals surface area contributed by atoms with E-state index in [1.807, 2.05) is 31.4 Å². The molecule has 0 aliphatic heterocycles. The average molecular weight is 477 g/mol. The van der Waals surface area contributed by atoms with Gasteiger partial charge in [0.05, 0.1) is 27.6 Å². The first-order valence-electron chi connectivity index (χ1n) is 9.82. The van der Waals surface area contributed by atoms with E-state index < -0.39 is 0 Å². The highest BCUT2D eigenvalue weighted by Crippen LogP contribution is 2.26. The van der Waals surface area contributed by atoms with E-state index in [1.54, 1.807) is 22.8 Å². The van der Waals surface area contributed by atoms with Crippen LogP contribution in [0.4, 0.5) is 0 Å². The average Bonchev–Trinajstić information content (AvgIpc) is 3.42. The SMILES string of the molecule is CC(C)OCCCn1c(SCc2noc(-c3cccs3)n2)nc2cc(Cl)ccc2c1=O. The van der Waals surface area contributed by atoms with Crippen LogP contribution in [0.15, 0.2) is 50.2 Å². The lowest BCUT2D eigenvalue weighted by Crippen LogP contribution is -2.24. The first-order chi connectivity index (χ1) is 15.0. The number of halogens is 1. The van der Waals surface area contributed by atoms with Gasteiger partial charge in [0.25, 0.3) is 11.4 Å². The molecule has 0 amide bonds. The van der Waals surface area contributed by atoms with Crippen LogP contribution in [0.3, 0.4) is 0 Å². The summed E-state index contributed by atoms with van der Waals surface area (Å²) in [4.78, 5) is 23.2. The maximum absolute atomic E-state index is 13.1. The third-order valence-electron chi connectivity index (χ3n) is 4.39. The van der Waals surface area contributed by atoms with Crippen molar-refractivity contribution in [2.75, 3.05) is 6.61 Å². The van der Waals surface area contributed by atoms with Gasteiger partial charge in [-0.25, -0.2) is 4.98 Å². The molecule has 0 aliphatic carbocycles. The maximum Gasteiger partial charge on any atom is 0.268 e. The molecule has 3 heterocycles. The zero-order valence-corrected chi connectivity index (χ0v) is 19.5. The zero-order valence-electron chi connectivity index (χ0n) is 17.1. The van der Waals surface area contributed by atoms with E-state index in [1.165, 1.54) is 23.1 Å². The van der Waals surface area contributed by atoms with Gasteiger partial charge in [-0.05, 0) is 49.9 Å². The number of nitrogens with zero attached hydrogens (tertiary/aromatic N) is 4. The molecule has 4 aromatic rings. The van der Waals surface area contributed by atoms with Crippen molar-refractivity contribution in [2.45, 2.75) is 43.8 Å². The van der Waals surface area contributed by atoms with Crippen LogP contribution in [0.5, 0.6) is 0 Å². The van der Waals surface area contributed by atoms with Crippen molar-refractivity contribution in [1.82, 2.24) is 19.7 Å². The highest BCUT2D eigenvalue weighted by molar-refractivity contribution is 7.98. The minimum atomic E-state index is -0.0962. The fourth-order valence-electron chi connectivity index (χ4n) is 2.96. The summed E-state index contributed by atoms with van der Waals surface area (Å²) in [5.74, 6) is 1.46. The van der Waals surface area contributed by atoms with E-state index in [-0.39, 0.29) is 11.7 Å².